The minimum atomic E-state index is -4.26. The monoisotopic (exact) mass is 613 g/mol. The van der Waals surface area contributed by atoms with E-state index >= 15 is 0 Å². The first-order valence-electron chi connectivity index (χ1n) is 13.8. The molecule has 0 bridgehead atoms. The average Bonchev–Trinajstić information content (AvgIpc) is 2.90. The average molecular weight is 614 g/mol. The summed E-state index contributed by atoms with van der Waals surface area (Å²) in [6.45, 7) is 10.8. The second-order valence-corrected chi connectivity index (χ2v) is 13.6. The molecule has 0 fully saturated rings. The number of nitrogens with one attached hydrogen (secondary N) is 1. The fourth-order valence-corrected chi connectivity index (χ4v) is 6.17. The molecule has 8 nitrogen and oxygen atoms in total. The molecule has 0 aliphatic carbocycles. The Morgan fingerprint density at radius 2 is 1.64 bits per heavy atom. The molecular formula is C32H40ClN3O5S. The molecule has 3 rings (SSSR count). The van der Waals surface area contributed by atoms with Crippen molar-refractivity contribution in [1.82, 2.24) is 10.2 Å². The molecule has 3 aromatic rings. The number of carbonyl (C=O) groups excluding carboxylic acids is 2. The molecule has 1 atom stereocenters. The third kappa shape index (κ3) is 8.26. The number of nitrogens with zero attached hydrogens (tertiary/aromatic N) is 2. The Balaban J connectivity index is 2.15. The van der Waals surface area contributed by atoms with Crippen molar-refractivity contribution in [2.45, 2.75) is 71.0 Å². The summed E-state index contributed by atoms with van der Waals surface area (Å²) in [5.41, 5.74) is 2.29. The third-order valence-electron chi connectivity index (χ3n) is 6.62. The number of amides is 2. The van der Waals surface area contributed by atoms with E-state index in [-0.39, 0.29) is 33.8 Å². The van der Waals surface area contributed by atoms with E-state index in [4.69, 9.17) is 16.3 Å². The van der Waals surface area contributed by atoms with Crippen LogP contribution < -0.4 is 14.4 Å². The van der Waals surface area contributed by atoms with Crippen molar-refractivity contribution < 1.29 is 22.7 Å². The lowest BCUT2D eigenvalue weighted by molar-refractivity contribution is -0.141. The summed E-state index contributed by atoms with van der Waals surface area (Å²) < 4.78 is 34.7. The number of hydrogen-bond donors (Lipinski definition) is 1. The Labute approximate surface area is 254 Å². The van der Waals surface area contributed by atoms with Gasteiger partial charge in [0.2, 0.25) is 11.8 Å². The van der Waals surface area contributed by atoms with E-state index < -0.39 is 34.1 Å². The largest absolute Gasteiger partial charge is 0.495 e. The number of hydrogen-bond acceptors (Lipinski definition) is 5. The van der Waals surface area contributed by atoms with Gasteiger partial charge < -0.3 is 15.0 Å². The number of carbonyl (C=O) groups is 2. The van der Waals surface area contributed by atoms with Gasteiger partial charge in [-0.1, -0.05) is 66.0 Å². The molecule has 1 unspecified atom stereocenters. The molecule has 10 heteroatoms. The Bertz CT molecular complexity index is 1520. The Morgan fingerprint density at radius 3 is 2.21 bits per heavy atom. The molecule has 0 aliphatic heterocycles. The fraction of sp³-hybridized carbons (Fsp3) is 0.375. The highest BCUT2D eigenvalue weighted by Crippen LogP contribution is 2.35. The number of aryl methyl sites for hydroxylation is 2. The van der Waals surface area contributed by atoms with E-state index in [0.717, 1.165) is 21.0 Å². The third-order valence-corrected chi connectivity index (χ3v) is 8.63. The second-order valence-electron chi connectivity index (χ2n) is 11.3. The molecule has 2 amide bonds. The molecule has 0 aromatic heterocycles. The van der Waals surface area contributed by atoms with E-state index in [1.165, 1.54) is 30.2 Å². The van der Waals surface area contributed by atoms with Gasteiger partial charge in [-0.05, 0) is 76.9 Å². The van der Waals surface area contributed by atoms with Crippen molar-refractivity contribution in [3.63, 3.8) is 0 Å². The van der Waals surface area contributed by atoms with Crippen LogP contribution in [0.25, 0.3) is 0 Å². The van der Waals surface area contributed by atoms with Crippen LogP contribution in [0.5, 0.6) is 5.75 Å². The molecule has 3 aromatic carbocycles. The van der Waals surface area contributed by atoms with Crippen molar-refractivity contribution in [2.75, 3.05) is 18.0 Å². The van der Waals surface area contributed by atoms with Gasteiger partial charge in [-0.25, -0.2) is 8.42 Å². The van der Waals surface area contributed by atoms with Gasteiger partial charge in [0.1, 0.15) is 18.3 Å². The number of sulfonamides is 1. The highest BCUT2D eigenvalue weighted by atomic mass is 35.5. The topological polar surface area (TPSA) is 96.0 Å². The van der Waals surface area contributed by atoms with Crippen molar-refractivity contribution in [3.05, 3.63) is 88.4 Å². The van der Waals surface area contributed by atoms with E-state index in [9.17, 15) is 18.0 Å². The van der Waals surface area contributed by atoms with Gasteiger partial charge in [0.15, 0.2) is 0 Å². The normalized spacial score (nSPS) is 12.4. The van der Waals surface area contributed by atoms with E-state index in [1.54, 1.807) is 24.3 Å². The quantitative estimate of drug-likeness (QED) is 0.291. The Kier molecular flexibility index (Phi) is 10.7. The van der Waals surface area contributed by atoms with E-state index in [0.29, 0.717) is 6.42 Å². The van der Waals surface area contributed by atoms with Crippen molar-refractivity contribution in [2.24, 2.45) is 0 Å². The predicted molar refractivity (Wildman–Crippen MR) is 167 cm³/mol. The van der Waals surface area contributed by atoms with Crippen LogP contribution in [0.15, 0.2) is 71.6 Å². The van der Waals surface area contributed by atoms with Gasteiger partial charge in [0.05, 0.1) is 17.7 Å². The summed E-state index contributed by atoms with van der Waals surface area (Å²) in [7, 11) is -2.85. The number of ether oxygens (including phenoxy) is 1. The second kappa shape index (κ2) is 13.6. The van der Waals surface area contributed by atoms with Gasteiger partial charge in [-0.3, -0.25) is 13.9 Å². The SMILES string of the molecule is CCC(C(=O)NC(C)(C)C)N(Cc1cccc(C)c1)C(=O)CN(c1cc(Cl)ccc1OC)S(=O)(=O)c1ccc(C)cc1. The summed E-state index contributed by atoms with van der Waals surface area (Å²) in [5, 5.41) is 3.25. The summed E-state index contributed by atoms with van der Waals surface area (Å²) in [6, 6.07) is 17.8. The van der Waals surface area contributed by atoms with Crippen molar-refractivity contribution in [1.29, 1.82) is 0 Å². The lowest BCUT2D eigenvalue weighted by Gasteiger charge is -2.35. The maximum absolute atomic E-state index is 14.3. The number of halogens is 1. The molecule has 0 saturated heterocycles. The molecular weight excluding hydrogens is 574 g/mol. The van der Waals surface area contributed by atoms with Gasteiger partial charge in [-0.2, -0.15) is 0 Å². The highest BCUT2D eigenvalue weighted by molar-refractivity contribution is 7.92. The van der Waals surface area contributed by atoms with Crippen molar-refractivity contribution in [3.8, 4) is 5.75 Å². The van der Waals surface area contributed by atoms with Crippen LogP contribution in [0.3, 0.4) is 0 Å². The molecule has 226 valence electrons. The summed E-state index contributed by atoms with van der Waals surface area (Å²) in [5.74, 6) is -0.643. The maximum Gasteiger partial charge on any atom is 0.264 e. The van der Waals surface area contributed by atoms with Crippen LogP contribution >= 0.6 is 11.6 Å². The minimum Gasteiger partial charge on any atom is -0.495 e. The molecule has 0 spiro atoms. The molecule has 0 heterocycles. The standard InChI is InChI=1S/C32H40ClN3O5S/c1-8-27(31(38)34-32(4,5)6)35(20-24-11-9-10-23(3)18-24)30(37)21-36(28-19-25(33)14-17-29(28)41-7)42(39,40)26-15-12-22(2)13-16-26/h9-19,27H,8,20-21H2,1-7H3,(H,34,38). The van der Waals surface area contributed by atoms with Gasteiger partial charge >= 0.3 is 0 Å². The zero-order valence-electron chi connectivity index (χ0n) is 25.3. The Hall–Kier alpha value is -3.56. The first-order valence-corrected chi connectivity index (χ1v) is 15.6. The fourth-order valence-electron chi connectivity index (χ4n) is 4.59. The number of anilines is 1. The van der Waals surface area contributed by atoms with Crippen LogP contribution in [-0.2, 0) is 26.2 Å². The molecule has 0 saturated carbocycles. The minimum absolute atomic E-state index is 0.00526. The number of benzene rings is 3. The Morgan fingerprint density at radius 1 is 0.976 bits per heavy atom. The van der Waals surface area contributed by atoms with Crippen LogP contribution in [0.4, 0.5) is 5.69 Å². The van der Waals surface area contributed by atoms with Crippen LogP contribution in [0.1, 0.15) is 50.8 Å². The zero-order valence-corrected chi connectivity index (χ0v) is 26.8. The van der Waals surface area contributed by atoms with Crippen LogP contribution in [0, 0.1) is 13.8 Å². The molecule has 42 heavy (non-hydrogen) atoms. The first-order chi connectivity index (χ1) is 19.7. The van der Waals surface area contributed by atoms with E-state index in [1.807, 2.05) is 65.8 Å². The van der Waals surface area contributed by atoms with Crippen LogP contribution in [-0.4, -0.2) is 50.4 Å². The van der Waals surface area contributed by atoms with Gasteiger partial charge in [0, 0.05) is 17.1 Å². The summed E-state index contributed by atoms with van der Waals surface area (Å²) >= 11 is 6.31. The molecule has 0 aliphatic rings. The lowest BCUT2D eigenvalue weighted by atomic mass is 10.0. The van der Waals surface area contributed by atoms with Crippen LogP contribution in [0.2, 0.25) is 5.02 Å². The number of rotatable bonds is 11. The predicted octanol–water partition coefficient (Wildman–Crippen LogP) is 5.88. The summed E-state index contributed by atoms with van der Waals surface area (Å²) in [6.07, 6.45) is 0.324. The zero-order chi connectivity index (χ0) is 31.2. The molecule has 1 N–H and O–H groups in total. The number of methoxy groups -OCH3 is 1. The van der Waals surface area contributed by atoms with Crippen molar-refractivity contribution >= 4 is 39.1 Å². The smallest absolute Gasteiger partial charge is 0.264 e. The van der Waals surface area contributed by atoms with Gasteiger partial charge in [0.25, 0.3) is 10.0 Å². The first kappa shape index (κ1) is 32.9. The van der Waals surface area contributed by atoms with Gasteiger partial charge in [-0.15, -0.1) is 0 Å². The maximum atomic E-state index is 14.3. The molecule has 0 radical (unpaired) electrons. The lowest BCUT2D eigenvalue weighted by Crippen LogP contribution is -2.55. The highest BCUT2D eigenvalue weighted by Gasteiger charge is 2.35. The van der Waals surface area contributed by atoms with E-state index in [2.05, 4.69) is 5.32 Å². The summed E-state index contributed by atoms with van der Waals surface area (Å²) in [4.78, 5) is 29.2.